The lowest BCUT2D eigenvalue weighted by Crippen LogP contribution is -2.40. The Kier molecular flexibility index (Phi) is 51.3. The standard InChI is InChI=1S/C64H122O6/c1-2-3-4-5-6-7-8-9-10-11-12-13-14-15-16-17-18-19-20-21-22-23-24-25-26-27-28-29-30-31-32-33-34-35-36-37-38-39-40-41-42-43-44-45-46-47-48-49-50-51-52-53-54-55-61-56-62(67)69-59-64(57-65,58-66)60-70-63(61)68/h18-19,61,65-66H,2-17,20-60H2,1H3/b19-18+. The number of carbonyl (C=O) groups is 2. The molecule has 1 atom stereocenters. The van der Waals surface area contributed by atoms with Gasteiger partial charge in [-0.2, -0.15) is 0 Å². The molecule has 0 saturated carbocycles. The van der Waals surface area contributed by atoms with Crippen molar-refractivity contribution in [3.05, 3.63) is 12.2 Å². The molecule has 0 amide bonds. The summed E-state index contributed by atoms with van der Waals surface area (Å²) in [4.78, 5) is 24.7. The summed E-state index contributed by atoms with van der Waals surface area (Å²) in [5.74, 6) is -1.40. The highest BCUT2D eigenvalue weighted by Gasteiger charge is 2.36. The molecule has 0 aromatic carbocycles. The van der Waals surface area contributed by atoms with Gasteiger partial charge in [-0.25, -0.2) is 0 Å². The second-order valence-electron chi connectivity index (χ2n) is 22.8. The summed E-state index contributed by atoms with van der Waals surface area (Å²) in [6, 6.07) is 0. The molecule has 1 saturated heterocycles. The van der Waals surface area contributed by atoms with Crippen LogP contribution in [0.3, 0.4) is 0 Å². The number of aliphatic hydroxyl groups is 2. The Labute approximate surface area is 436 Å². The predicted molar refractivity (Wildman–Crippen MR) is 302 cm³/mol. The maximum atomic E-state index is 12.5. The summed E-state index contributed by atoms with van der Waals surface area (Å²) >= 11 is 0. The Balaban J connectivity index is 1.68. The number of cyclic esters (lactones) is 2. The summed E-state index contributed by atoms with van der Waals surface area (Å²) in [5, 5.41) is 19.2. The zero-order chi connectivity index (χ0) is 50.4. The van der Waals surface area contributed by atoms with Gasteiger partial charge in [0, 0.05) is 0 Å². The van der Waals surface area contributed by atoms with E-state index in [2.05, 4.69) is 19.1 Å². The molecule has 1 unspecified atom stereocenters. The van der Waals surface area contributed by atoms with Gasteiger partial charge in [0.05, 0.1) is 31.0 Å². The van der Waals surface area contributed by atoms with Crippen molar-refractivity contribution in [2.45, 2.75) is 347 Å². The molecular formula is C64H122O6. The number of carbonyl (C=O) groups excluding carboxylic acids is 2. The lowest BCUT2D eigenvalue weighted by molar-refractivity contribution is -0.155. The van der Waals surface area contributed by atoms with Gasteiger partial charge >= 0.3 is 11.9 Å². The van der Waals surface area contributed by atoms with Gasteiger partial charge in [0.15, 0.2) is 0 Å². The highest BCUT2D eigenvalue weighted by atomic mass is 16.6. The van der Waals surface area contributed by atoms with E-state index in [0.717, 1.165) is 19.3 Å². The van der Waals surface area contributed by atoms with Gasteiger partial charge < -0.3 is 19.7 Å². The Bertz CT molecular complexity index is 1100. The van der Waals surface area contributed by atoms with Gasteiger partial charge in [0.2, 0.25) is 0 Å². The van der Waals surface area contributed by atoms with Gasteiger partial charge in [0.25, 0.3) is 0 Å². The average Bonchev–Trinajstić information content (AvgIpc) is 3.43. The second kappa shape index (κ2) is 53.9. The molecule has 1 heterocycles. The molecule has 0 aromatic rings. The number of unbranched alkanes of at least 4 members (excludes halogenated alkanes) is 49. The van der Waals surface area contributed by atoms with Crippen LogP contribution in [0.1, 0.15) is 347 Å². The van der Waals surface area contributed by atoms with Crippen molar-refractivity contribution in [2.75, 3.05) is 26.4 Å². The molecular weight excluding hydrogens is 865 g/mol. The van der Waals surface area contributed by atoms with Crippen LogP contribution in [0, 0.1) is 11.3 Å². The molecule has 0 aromatic heterocycles. The van der Waals surface area contributed by atoms with Gasteiger partial charge in [0.1, 0.15) is 13.2 Å². The quantitative estimate of drug-likeness (QED) is 0.0358. The maximum absolute atomic E-state index is 12.5. The molecule has 414 valence electrons. The van der Waals surface area contributed by atoms with E-state index in [-0.39, 0.29) is 19.6 Å². The Morgan fingerprint density at radius 1 is 0.371 bits per heavy atom. The number of hydrogen-bond donors (Lipinski definition) is 2. The first kappa shape index (κ1) is 66.6. The largest absolute Gasteiger partial charge is 0.465 e. The van der Waals surface area contributed by atoms with Crippen LogP contribution in [0.5, 0.6) is 0 Å². The fourth-order valence-electron chi connectivity index (χ4n) is 10.6. The second-order valence-corrected chi connectivity index (χ2v) is 22.8. The minimum Gasteiger partial charge on any atom is -0.465 e. The number of hydrogen-bond acceptors (Lipinski definition) is 6. The molecule has 0 radical (unpaired) electrons. The Morgan fingerprint density at radius 2 is 0.614 bits per heavy atom. The fourth-order valence-corrected chi connectivity index (χ4v) is 10.6. The molecule has 0 spiro atoms. The SMILES string of the molecule is CCCCCCCCCCCCCCCCC/C=C/CCCCCCCCCCCCCCCCCCCCCCCCCCCCCCCCCCCCC1CC(=O)OCC(CO)(CO)COC1=O. The van der Waals surface area contributed by atoms with Crippen molar-refractivity contribution in [2.24, 2.45) is 11.3 Å². The first-order chi connectivity index (χ1) is 34.6. The van der Waals surface area contributed by atoms with Crippen LogP contribution in [-0.2, 0) is 19.1 Å². The van der Waals surface area contributed by atoms with E-state index < -0.39 is 36.5 Å². The van der Waals surface area contributed by atoms with Crippen molar-refractivity contribution in [1.82, 2.24) is 0 Å². The van der Waals surface area contributed by atoms with Gasteiger partial charge in [-0.3, -0.25) is 9.59 Å². The highest BCUT2D eigenvalue weighted by molar-refractivity contribution is 5.80. The van der Waals surface area contributed by atoms with Crippen LogP contribution in [0.4, 0.5) is 0 Å². The van der Waals surface area contributed by atoms with Crippen LogP contribution >= 0.6 is 0 Å². The van der Waals surface area contributed by atoms with Gasteiger partial charge in [-0.15, -0.1) is 0 Å². The van der Waals surface area contributed by atoms with E-state index >= 15 is 0 Å². The lowest BCUT2D eigenvalue weighted by Gasteiger charge is -2.27. The van der Waals surface area contributed by atoms with E-state index in [1.165, 1.54) is 308 Å². The summed E-state index contributed by atoms with van der Waals surface area (Å²) in [6.07, 6.45) is 77.2. The maximum Gasteiger partial charge on any atom is 0.309 e. The summed E-state index contributed by atoms with van der Waals surface area (Å²) in [5.41, 5.74) is -1.12. The van der Waals surface area contributed by atoms with Crippen LogP contribution in [0.25, 0.3) is 0 Å². The van der Waals surface area contributed by atoms with Crippen LogP contribution in [-0.4, -0.2) is 48.6 Å². The van der Waals surface area contributed by atoms with E-state index in [4.69, 9.17) is 9.47 Å². The third kappa shape index (κ3) is 45.2. The zero-order valence-electron chi connectivity index (χ0n) is 47.1. The van der Waals surface area contributed by atoms with Crippen molar-refractivity contribution in [3.63, 3.8) is 0 Å². The van der Waals surface area contributed by atoms with Crippen molar-refractivity contribution in [1.29, 1.82) is 0 Å². The minimum atomic E-state index is -1.12. The molecule has 1 aliphatic heterocycles. The van der Waals surface area contributed by atoms with Crippen LogP contribution in [0.15, 0.2) is 12.2 Å². The van der Waals surface area contributed by atoms with E-state index in [1.54, 1.807) is 0 Å². The van der Waals surface area contributed by atoms with Crippen molar-refractivity contribution >= 4 is 11.9 Å². The number of allylic oxidation sites excluding steroid dienone is 2. The number of esters is 2. The highest BCUT2D eigenvalue weighted by Crippen LogP contribution is 2.25. The molecule has 6 nitrogen and oxygen atoms in total. The third-order valence-corrected chi connectivity index (χ3v) is 15.8. The molecule has 1 aliphatic rings. The van der Waals surface area contributed by atoms with Crippen molar-refractivity contribution in [3.8, 4) is 0 Å². The van der Waals surface area contributed by atoms with Crippen molar-refractivity contribution < 1.29 is 29.3 Å². The number of ether oxygens (including phenoxy) is 2. The molecule has 70 heavy (non-hydrogen) atoms. The molecule has 6 heteroatoms. The summed E-state index contributed by atoms with van der Waals surface area (Å²) in [7, 11) is 0. The van der Waals surface area contributed by atoms with Gasteiger partial charge in [-0.05, 0) is 32.1 Å². The number of rotatable bonds is 55. The topological polar surface area (TPSA) is 93.1 Å². The fraction of sp³-hybridized carbons (Fsp3) is 0.938. The normalized spacial score (nSPS) is 15.3. The van der Waals surface area contributed by atoms with E-state index in [9.17, 15) is 19.8 Å². The van der Waals surface area contributed by atoms with Gasteiger partial charge in [-0.1, -0.05) is 321 Å². The zero-order valence-corrected chi connectivity index (χ0v) is 47.1. The van der Waals surface area contributed by atoms with E-state index in [0.29, 0.717) is 6.42 Å². The molecule has 0 aliphatic carbocycles. The summed E-state index contributed by atoms with van der Waals surface area (Å²) < 4.78 is 10.6. The van der Waals surface area contributed by atoms with Crippen LogP contribution in [0.2, 0.25) is 0 Å². The lowest BCUT2D eigenvalue weighted by atomic mass is 9.92. The number of aliphatic hydroxyl groups excluding tert-OH is 2. The first-order valence-electron chi connectivity index (χ1n) is 31.8. The predicted octanol–water partition coefficient (Wildman–Crippen LogP) is 19.9. The summed E-state index contributed by atoms with van der Waals surface area (Å²) in [6.45, 7) is 1.21. The smallest absolute Gasteiger partial charge is 0.309 e. The minimum absolute atomic E-state index is 0.00493. The van der Waals surface area contributed by atoms with E-state index in [1.807, 2.05) is 0 Å². The Hall–Kier alpha value is -1.40. The molecule has 1 rings (SSSR count). The van der Waals surface area contributed by atoms with Crippen LogP contribution < -0.4 is 0 Å². The molecule has 0 bridgehead atoms. The Morgan fingerprint density at radius 3 is 0.886 bits per heavy atom. The third-order valence-electron chi connectivity index (χ3n) is 15.8. The molecule has 2 N–H and O–H groups in total. The molecule has 1 fully saturated rings. The monoisotopic (exact) mass is 987 g/mol. The first-order valence-corrected chi connectivity index (χ1v) is 31.8. The average molecular weight is 988 g/mol.